The molecule has 17 heavy (non-hydrogen) atoms. The van der Waals surface area contributed by atoms with E-state index in [1.165, 1.54) is 6.16 Å². The van der Waals surface area contributed by atoms with Crippen molar-refractivity contribution < 1.29 is 5.11 Å². The van der Waals surface area contributed by atoms with E-state index >= 15 is 0 Å². The van der Waals surface area contributed by atoms with Gasteiger partial charge in [0.15, 0.2) is 0 Å². The molecule has 0 aromatic rings. The Morgan fingerprint density at radius 2 is 1.00 bits per heavy atom. The molecule has 0 fully saturated rings. The summed E-state index contributed by atoms with van der Waals surface area (Å²) in [5, 5.41) is 10.2. The van der Waals surface area contributed by atoms with Crippen LogP contribution in [0.4, 0.5) is 0 Å². The molecule has 0 amide bonds. The topological polar surface area (TPSA) is 20.2 Å². The highest BCUT2D eigenvalue weighted by Gasteiger charge is 2.63. The second kappa shape index (κ2) is 5.17. The molecule has 2 heteroatoms. The van der Waals surface area contributed by atoms with Crippen molar-refractivity contribution in [3.05, 3.63) is 0 Å². The first-order valence-corrected chi connectivity index (χ1v) is 8.78. The van der Waals surface area contributed by atoms with Crippen molar-refractivity contribution in [2.75, 3.05) is 12.8 Å². The molecule has 0 radical (unpaired) electrons. The molecular formula is C15H34OP+. The van der Waals surface area contributed by atoms with Gasteiger partial charge in [-0.25, -0.2) is 0 Å². The fourth-order valence-corrected chi connectivity index (χ4v) is 13.0. The standard InChI is InChI=1S/C15H34OP/c1-13(2,3)17(12-10-11-16,14(4,5)6)15(7,8)9/h16H,10-12H2,1-9H3/q+1. The van der Waals surface area contributed by atoms with E-state index in [0.717, 1.165) is 6.42 Å². The Balaban J connectivity index is 5.75. The Bertz CT molecular complexity index is 201. The Hall–Kier alpha value is 0.390. The average Bonchev–Trinajstić information content (AvgIpc) is 1.96. The van der Waals surface area contributed by atoms with Crippen LogP contribution in [0.15, 0.2) is 0 Å². The van der Waals surface area contributed by atoms with Crippen LogP contribution in [0.25, 0.3) is 0 Å². The Kier molecular flexibility index (Phi) is 5.29. The van der Waals surface area contributed by atoms with Gasteiger partial charge in [-0.15, -0.1) is 0 Å². The summed E-state index contributed by atoms with van der Waals surface area (Å²) in [6, 6.07) is 0. The molecule has 0 unspecified atom stereocenters. The van der Waals surface area contributed by atoms with E-state index < -0.39 is 7.26 Å². The Labute approximate surface area is 110 Å². The first kappa shape index (κ1) is 17.4. The van der Waals surface area contributed by atoms with Gasteiger partial charge in [-0.1, -0.05) is 0 Å². The summed E-state index contributed by atoms with van der Waals surface area (Å²) in [5.74, 6) is 0. The third-order valence-corrected chi connectivity index (χ3v) is 11.9. The summed E-state index contributed by atoms with van der Waals surface area (Å²) >= 11 is 0. The van der Waals surface area contributed by atoms with Crippen LogP contribution in [0, 0.1) is 0 Å². The lowest BCUT2D eigenvalue weighted by Crippen LogP contribution is -2.45. The molecule has 1 N–H and O–H groups in total. The van der Waals surface area contributed by atoms with E-state index in [4.69, 9.17) is 0 Å². The quantitative estimate of drug-likeness (QED) is 0.725. The molecule has 0 heterocycles. The lowest BCUT2D eigenvalue weighted by atomic mass is 10.2. The minimum atomic E-state index is -1.22. The smallest absolute Gasteiger partial charge is 0.0725 e. The first-order chi connectivity index (χ1) is 7.31. The van der Waals surface area contributed by atoms with Crippen LogP contribution in [0.2, 0.25) is 0 Å². The van der Waals surface area contributed by atoms with E-state index in [9.17, 15) is 5.11 Å². The van der Waals surface area contributed by atoms with Gasteiger partial charge in [-0.05, 0) is 62.3 Å². The van der Waals surface area contributed by atoms with Crippen molar-refractivity contribution >= 4 is 7.26 Å². The zero-order valence-corrected chi connectivity index (χ0v) is 14.4. The summed E-state index contributed by atoms with van der Waals surface area (Å²) in [6.45, 7) is 21.9. The summed E-state index contributed by atoms with van der Waals surface area (Å²) in [6.07, 6.45) is 2.14. The highest BCUT2D eigenvalue weighted by atomic mass is 31.2. The van der Waals surface area contributed by atoms with Crippen LogP contribution in [0.5, 0.6) is 0 Å². The van der Waals surface area contributed by atoms with Gasteiger partial charge in [0.2, 0.25) is 0 Å². The van der Waals surface area contributed by atoms with E-state index in [-0.39, 0.29) is 0 Å². The monoisotopic (exact) mass is 261 g/mol. The van der Waals surface area contributed by atoms with Crippen molar-refractivity contribution in [1.29, 1.82) is 0 Å². The van der Waals surface area contributed by atoms with Crippen molar-refractivity contribution in [3.8, 4) is 0 Å². The normalized spacial score (nSPS) is 15.2. The van der Waals surface area contributed by atoms with Crippen molar-refractivity contribution in [1.82, 2.24) is 0 Å². The molecule has 0 spiro atoms. The lowest BCUT2D eigenvalue weighted by molar-refractivity contribution is 0.295. The maximum absolute atomic E-state index is 9.24. The number of hydrogen-bond acceptors (Lipinski definition) is 1. The average molecular weight is 261 g/mol. The Morgan fingerprint density at radius 1 is 0.706 bits per heavy atom. The lowest BCUT2D eigenvalue weighted by Gasteiger charge is -2.54. The molecule has 0 bridgehead atoms. The van der Waals surface area contributed by atoms with Crippen LogP contribution in [-0.2, 0) is 0 Å². The molecule has 104 valence electrons. The van der Waals surface area contributed by atoms with Gasteiger partial charge >= 0.3 is 0 Å². The maximum Gasteiger partial charge on any atom is 0.0725 e. The summed E-state index contributed by atoms with van der Waals surface area (Å²) < 4.78 is 0. The van der Waals surface area contributed by atoms with E-state index in [2.05, 4.69) is 62.3 Å². The second-order valence-electron chi connectivity index (χ2n) is 8.12. The van der Waals surface area contributed by atoms with Crippen LogP contribution >= 0.6 is 7.26 Å². The molecule has 0 saturated heterocycles. The molecule has 0 saturated carbocycles. The highest BCUT2D eigenvalue weighted by molar-refractivity contribution is 7.80. The van der Waals surface area contributed by atoms with Gasteiger partial charge in [0, 0.05) is 20.3 Å². The number of aliphatic hydroxyl groups is 1. The van der Waals surface area contributed by atoms with Crippen molar-refractivity contribution in [3.63, 3.8) is 0 Å². The van der Waals surface area contributed by atoms with Crippen molar-refractivity contribution in [2.24, 2.45) is 0 Å². The minimum absolute atomic E-state index is 0.323. The fourth-order valence-electron chi connectivity index (χ4n) is 4.33. The molecule has 0 rings (SSSR count). The number of rotatable bonds is 3. The number of hydrogen-bond donors (Lipinski definition) is 1. The van der Waals surface area contributed by atoms with E-state index in [1.807, 2.05) is 0 Å². The molecule has 0 aliphatic carbocycles. The van der Waals surface area contributed by atoms with Gasteiger partial charge in [0.1, 0.15) is 0 Å². The SMILES string of the molecule is CC(C)(C)[P+](CCCO)(C(C)(C)C)C(C)(C)C. The summed E-state index contributed by atoms with van der Waals surface area (Å²) in [5.41, 5.74) is 0. The summed E-state index contributed by atoms with van der Waals surface area (Å²) in [4.78, 5) is 0. The fraction of sp³-hybridized carbons (Fsp3) is 1.00. The molecule has 0 aliphatic heterocycles. The zero-order chi connectivity index (χ0) is 14.1. The highest BCUT2D eigenvalue weighted by Crippen LogP contribution is 2.83. The third-order valence-electron chi connectivity index (χ3n) is 4.09. The molecule has 0 aliphatic rings. The molecular weight excluding hydrogens is 227 g/mol. The maximum atomic E-state index is 9.24. The molecule has 0 atom stereocenters. The van der Waals surface area contributed by atoms with Crippen LogP contribution in [-0.4, -0.2) is 33.3 Å². The predicted molar refractivity (Wildman–Crippen MR) is 82.7 cm³/mol. The van der Waals surface area contributed by atoms with Crippen LogP contribution in [0.1, 0.15) is 68.7 Å². The van der Waals surface area contributed by atoms with Gasteiger partial charge in [-0.2, -0.15) is 0 Å². The Morgan fingerprint density at radius 3 is 1.18 bits per heavy atom. The van der Waals surface area contributed by atoms with Crippen LogP contribution in [0.3, 0.4) is 0 Å². The van der Waals surface area contributed by atoms with E-state index in [0.29, 0.717) is 22.1 Å². The predicted octanol–water partition coefficient (Wildman–Crippen LogP) is 4.78. The largest absolute Gasteiger partial charge is 0.396 e. The van der Waals surface area contributed by atoms with Gasteiger partial charge in [0.25, 0.3) is 0 Å². The molecule has 0 aromatic carbocycles. The summed E-state index contributed by atoms with van der Waals surface area (Å²) in [7, 11) is -1.22. The van der Waals surface area contributed by atoms with Crippen LogP contribution < -0.4 is 0 Å². The second-order valence-corrected chi connectivity index (χ2v) is 14.2. The zero-order valence-electron chi connectivity index (χ0n) is 13.5. The van der Waals surface area contributed by atoms with Gasteiger partial charge in [-0.3, -0.25) is 0 Å². The number of aliphatic hydroxyl groups excluding tert-OH is 1. The van der Waals surface area contributed by atoms with Crippen molar-refractivity contribution in [2.45, 2.75) is 84.2 Å². The van der Waals surface area contributed by atoms with Gasteiger partial charge in [0.05, 0.1) is 21.6 Å². The minimum Gasteiger partial charge on any atom is -0.396 e. The van der Waals surface area contributed by atoms with E-state index in [1.54, 1.807) is 0 Å². The molecule has 0 aromatic heterocycles. The van der Waals surface area contributed by atoms with Gasteiger partial charge < -0.3 is 5.11 Å². The first-order valence-electron chi connectivity index (χ1n) is 6.80. The molecule has 1 nitrogen and oxygen atoms in total. The third kappa shape index (κ3) is 3.24.